The van der Waals surface area contributed by atoms with E-state index in [1.807, 2.05) is 12.2 Å². The van der Waals surface area contributed by atoms with Crippen LogP contribution in [0.2, 0.25) is 5.02 Å². The van der Waals surface area contributed by atoms with Crippen molar-refractivity contribution in [2.45, 2.75) is 31.2 Å². The van der Waals surface area contributed by atoms with E-state index in [-0.39, 0.29) is 24.9 Å². The van der Waals surface area contributed by atoms with Crippen LogP contribution < -0.4 is 16.1 Å². The number of hydrazone groups is 1. The standard InChI is InChI=1S/C27H24Cl2F2N4O3/c1-2-38-26(37)35-34-23-13-19(14-4-3-5-16(28)10-14)27(18-8-7-17(29)12-22(18)32-25(27)36)24(33-23)15-6-9-20(30)21(31)11-15/h3-9,11-12,14,19,24H,2,10,13H2,1H3,(H,32,36)(H,33,34)(H,35,37)/t14?,19-,24-,27-/m0/s1. The van der Waals surface area contributed by atoms with Crippen LogP contribution in [0.25, 0.3) is 0 Å². The van der Waals surface area contributed by atoms with Crippen LogP contribution in [0, 0.1) is 23.5 Å². The number of anilines is 1. The van der Waals surface area contributed by atoms with Crippen molar-refractivity contribution in [2.75, 3.05) is 11.9 Å². The molecule has 4 atom stereocenters. The van der Waals surface area contributed by atoms with Gasteiger partial charge in [-0.15, -0.1) is 0 Å². The number of benzene rings is 2. The number of amidine groups is 1. The Morgan fingerprint density at radius 1 is 1.18 bits per heavy atom. The predicted molar refractivity (Wildman–Crippen MR) is 141 cm³/mol. The van der Waals surface area contributed by atoms with E-state index in [2.05, 4.69) is 21.2 Å². The molecule has 2 heterocycles. The summed E-state index contributed by atoms with van der Waals surface area (Å²) in [6.45, 7) is 1.82. The van der Waals surface area contributed by atoms with Crippen molar-refractivity contribution in [3.63, 3.8) is 0 Å². The van der Waals surface area contributed by atoms with Crippen LogP contribution in [0.15, 0.2) is 64.8 Å². The molecule has 0 aromatic heterocycles. The van der Waals surface area contributed by atoms with Crippen LogP contribution in [0.5, 0.6) is 0 Å². The average Bonchev–Trinajstić information content (AvgIpc) is 3.16. The number of carbonyl (C=O) groups is 2. The molecule has 1 aliphatic carbocycles. The summed E-state index contributed by atoms with van der Waals surface area (Å²) in [7, 11) is 0. The molecule has 3 aliphatic rings. The molecule has 0 bridgehead atoms. The Balaban J connectivity index is 1.71. The number of nitrogens with zero attached hydrogens (tertiary/aromatic N) is 1. The number of fused-ring (bicyclic) bond motifs is 2. The summed E-state index contributed by atoms with van der Waals surface area (Å²) in [5.74, 6) is -2.71. The SMILES string of the molecule is CCOC(=O)N/N=C1/C[C@@H](C2C=CC=C(Cl)C2)[C@]2(C(=O)Nc3cc(Cl)ccc32)[C@H](c2ccc(F)c(F)c2)N1. The highest BCUT2D eigenvalue weighted by molar-refractivity contribution is 6.31. The van der Waals surface area contributed by atoms with Gasteiger partial charge in [0.05, 0.1) is 12.6 Å². The fraction of sp³-hybridized carbons (Fsp3) is 0.296. The number of rotatable bonds is 4. The van der Waals surface area contributed by atoms with E-state index in [0.29, 0.717) is 39.1 Å². The molecule has 5 rings (SSSR count). The van der Waals surface area contributed by atoms with Gasteiger partial charge >= 0.3 is 6.09 Å². The van der Waals surface area contributed by atoms with Gasteiger partial charge in [-0.1, -0.05) is 47.5 Å². The second-order valence-electron chi connectivity index (χ2n) is 9.33. The average molecular weight is 561 g/mol. The maximum atomic E-state index is 14.5. The van der Waals surface area contributed by atoms with Crippen LogP contribution >= 0.6 is 23.2 Å². The van der Waals surface area contributed by atoms with Crippen molar-refractivity contribution in [3.8, 4) is 0 Å². The van der Waals surface area contributed by atoms with Gasteiger partial charge in [0.1, 0.15) is 11.3 Å². The second-order valence-corrected chi connectivity index (χ2v) is 10.3. The van der Waals surface area contributed by atoms with Crippen molar-refractivity contribution >= 4 is 46.7 Å². The quantitative estimate of drug-likeness (QED) is 0.405. The summed E-state index contributed by atoms with van der Waals surface area (Å²) in [6, 6.07) is 7.77. The number of amides is 2. The van der Waals surface area contributed by atoms with Crippen LogP contribution in [0.1, 0.15) is 36.9 Å². The molecule has 3 N–H and O–H groups in total. The zero-order valence-electron chi connectivity index (χ0n) is 20.2. The van der Waals surface area contributed by atoms with E-state index in [0.717, 1.165) is 12.1 Å². The van der Waals surface area contributed by atoms with E-state index < -0.39 is 35.1 Å². The Labute approximate surface area is 227 Å². The maximum Gasteiger partial charge on any atom is 0.427 e. The topological polar surface area (TPSA) is 91.8 Å². The van der Waals surface area contributed by atoms with Gasteiger partial charge in [-0.2, -0.15) is 5.10 Å². The lowest BCUT2D eigenvalue weighted by atomic mass is 9.57. The van der Waals surface area contributed by atoms with Gasteiger partial charge in [0.25, 0.3) is 0 Å². The first-order valence-corrected chi connectivity index (χ1v) is 12.8. The van der Waals surface area contributed by atoms with Gasteiger partial charge < -0.3 is 15.4 Å². The Bertz CT molecular complexity index is 1400. The zero-order valence-corrected chi connectivity index (χ0v) is 21.7. The number of allylic oxidation sites excluding steroid dienone is 4. The van der Waals surface area contributed by atoms with Crippen molar-refractivity contribution in [1.29, 1.82) is 0 Å². The molecular weight excluding hydrogens is 537 g/mol. The summed E-state index contributed by atoms with van der Waals surface area (Å²) >= 11 is 12.7. The molecule has 38 heavy (non-hydrogen) atoms. The maximum absolute atomic E-state index is 14.5. The van der Waals surface area contributed by atoms with Gasteiger partial charge in [-0.05, 0) is 66.6 Å². The molecule has 11 heteroatoms. The fourth-order valence-corrected chi connectivity index (χ4v) is 6.15. The zero-order chi connectivity index (χ0) is 27.0. The lowest BCUT2D eigenvalue weighted by Gasteiger charge is -2.49. The Kier molecular flexibility index (Phi) is 7.15. The summed E-state index contributed by atoms with van der Waals surface area (Å²) in [5.41, 5.74) is 2.60. The fourth-order valence-electron chi connectivity index (χ4n) is 5.73. The minimum absolute atomic E-state index is 0.157. The molecule has 0 saturated carbocycles. The Morgan fingerprint density at radius 3 is 2.74 bits per heavy atom. The van der Waals surface area contributed by atoms with E-state index >= 15 is 0 Å². The molecule has 2 amide bonds. The van der Waals surface area contributed by atoms with Crippen molar-refractivity contribution in [1.82, 2.24) is 10.7 Å². The van der Waals surface area contributed by atoms with Gasteiger partial charge in [0, 0.05) is 22.2 Å². The number of carbonyl (C=O) groups excluding carboxylic acids is 2. The molecular formula is C27H24Cl2F2N4O3. The lowest BCUT2D eigenvalue weighted by Crippen LogP contribution is -2.59. The third kappa shape index (κ3) is 4.54. The molecule has 1 spiro atoms. The first-order valence-electron chi connectivity index (χ1n) is 12.1. The minimum Gasteiger partial charge on any atom is -0.449 e. The number of halogens is 4. The van der Waals surface area contributed by atoms with Crippen molar-refractivity contribution in [3.05, 3.63) is 87.4 Å². The molecule has 198 valence electrons. The highest BCUT2D eigenvalue weighted by Crippen LogP contribution is 2.57. The summed E-state index contributed by atoms with van der Waals surface area (Å²) < 4.78 is 33.4. The number of hydrogen-bond acceptors (Lipinski definition) is 4. The number of hydrogen-bond donors (Lipinski definition) is 3. The van der Waals surface area contributed by atoms with E-state index in [1.54, 1.807) is 31.2 Å². The highest BCUT2D eigenvalue weighted by atomic mass is 35.5. The molecule has 0 radical (unpaired) electrons. The molecule has 7 nitrogen and oxygen atoms in total. The molecule has 2 aromatic carbocycles. The first-order chi connectivity index (χ1) is 18.2. The first kappa shape index (κ1) is 26.2. The molecule has 1 unspecified atom stereocenters. The number of nitrogens with one attached hydrogen (secondary N) is 3. The van der Waals surface area contributed by atoms with E-state index in [9.17, 15) is 18.4 Å². The molecule has 1 saturated heterocycles. The normalized spacial score (nSPS) is 27.0. The van der Waals surface area contributed by atoms with Gasteiger partial charge in [-0.3, -0.25) is 4.79 Å². The Hall–Kier alpha value is -3.43. The molecule has 1 fully saturated rings. The largest absolute Gasteiger partial charge is 0.449 e. The smallest absolute Gasteiger partial charge is 0.427 e. The lowest BCUT2D eigenvalue weighted by molar-refractivity contribution is -0.125. The second kappa shape index (κ2) is 10.4. The summed E-state index contributed by atoms with van der Waals surface area (Å²) in [5, 5.41) is 11.5. The Morgan fingerprint density at radius 2 is 2.00 bits per heavy atom. The van der Waals surface area contributed by atoms with E-state index in [4.69, 9.17) is 27.9 Å². The highest BCUT2D eigenvalue weighted by Gasteiger charge is 2.61. The van der Waals surface area contributed by atoms with Crippen molar-refractivity contribution in [2.24, 2.45) is 16.9 Å². The monoisotopic (exact) mass is 560 g/mol. The van der Waals surface area contributed by atoms with Crippen LogP contribution in [0.3, 0.4) is 0 Å². The predicted octanol–water partition coefficient (Wildman–Crippen LogP) is 5.92. The molecule has 2 aliphatic heterocycles. The van der Waals surface area contributed by atoms with Crippen LogP contribution in [-0.2, 0) is 14.9 Å². The number of ether oxygens (including phenoxy) is 1. The number of piperidine rings is 1. The third-order valence-electron chi connectivity index (χ3n) is 7.23. The molecule has 2 aromatic rings. The third-order valence-corrected chi connectivity index (χ3v) is 7.75. The van der Waals surface area contributed by atoms with Crippen LogP contribution in [0.4, 0.5) is 19.3 Å². The van der Waals surface area contributed by atoms with Gasteiger partial charge in [0.15, 0.2) is 11.6 Å². The summed E-state index contributed by atoms with van der Waals surface area (Å²) in [4.78, 5) is 26.1. The van der Waals surface area contributed by atoms with E-state index in [1.165, 1.54) is 6.07 Å². The van der Waals surface area contributed by atoms with Gasteiger partial charge in [0.2, 0.25) is 5.91 Å². The summed E-state index contributed by atoms with van der Waals surface area (Å²) in [6.07, 6.45) is 5.56. The van der Waals surface area contributed by atoms with Crippen molar-refractivity contribution < 1.29 is 23.1 Å². The van der Waals surface area contributed by atoms with Crippen LogP contribution in [-0.4, -0.2) is 24.4 Å². The minimum atomic E-state index is -1.28. The van der Waals surface area contributed by atoms with Gasteiger partial charge in [-0.25, -0.2) is 19.0 Å².